The van der Waals surface area contributed by atoms with Crippen LogP contribution in [0.25, 0.3) is 105 Å². The number of hydrogen-bond donors (Lipinski definition) is 0. The average Bonchev–Trinajstić information content (AvgIpc) is 3.63. The van der Waals surface area contributed by atoms with Gasteiger partial charge in [0.25, 0.3) is 0 Å². The lowest BCUT2D eigenvalue weighted by Gasteiger charge is -2.37. The van der Waals surface area contributed by atoms with Crippen LogP contribution in [0.4, 0.5) is 0 Å². The molecule has 15 rings (SSSR count). The van der Waals surface area contributed by atoms with Gasteiger partial charge < -0.3 is 4.74 Å². The monoisotopic (exact) mass is 1030 g/mol. The van der Waals surface area contributed by atoms with E-state index in [4.69, 9.17) is 4.74 Å². The van der Waals surface area contributed by atoms with Gasteiger partial charge in [-0.05, 0) is 181 Å². The quantitative estimate of drug-likeness (QED) is 0.124. The van der Waals surface area contributed by atoms with Crippen LogP contribution < -0.4 is 4.74 Å². The van der Waals surface area contributed by atoms with E-state index in [1.165, 1.54) is 88.0 Å². The number of para-hydroxylation sites is 1. The zero-order valence-electron chi connectivity index (χ0n) is 44.6. The first-order chi connectivity index (χ1) is 40.2. The Morgan fingerprint density at radius 2 is 0.815 bits per heavy atom. The molecule has 0 radical (unpaired) electrons. The first-order valence-electron chi connectivity index (χ1n) is 28.1. The highest BCUT2D eigenvalue weighted by Gasteiger charge is 2.35. The van der Waals surface area contributed by atoms with Crippen LogP contribution in [-0.4, -0.2) is 0 Å². The highest BCUT2D eigenvalue weighted by atomic mass is 16.5. The van der Waals surface area contributed by atoms with Crippen molar-refractivity contribution in [2.75, 3.05) is 0 Å². The van der Waals surface area contributed by atoms with Crippen molar-refractivity contribution in [1.29, 1.82) is 0 Å². The Morgan fingerprint density at radius 3 is 1.56 bits per heavy atom. The van der Waals surface area contributed by atoms with Gasteiger partial charge in [0.15, 0.2) is 0 Å². The van der Waals surface area contributed by atoms with E-state index in [1.54, 1.807) is 0 Å². The molecular formula is C80H54O. The molecule has 2 atom stereocenters. The van der Waals surface area contributed by atoms with Gasteiger partial charge in [-0.2, -0.15) is 0 Å². The van der Waals surface area contributed by atoms with E-state index in [-0.39, 0.29) is 11.8 Å². The summed E-state index contributed by atoms with van der Waals surface area (Å²) in [6, 6.07) is 107. The molecule has 0 aliphatic heterocycles. The highest BCUT2D eigenvalue weighted by Crippen LogP contribution is 2.52. The molecule has 0 bridgehead atoms. The molecule has 1 heteroatoms. The first-order valence-corrected chi connectivity index (χ1v) is 28.1. The van der Waals surface area contributed by atoms with Crippen LogP contribution in [0.15, 0.2) is 321 Å². The lowest BCUT2D eigenvalue weighted by atomic mass is 9.66. The standard InChI is InChI=1S/C80H54O/c1-4-23-55(24-5-1)74-51-63(54-42-45-57(46-43-54)77-68-36-14-18-40-72(68)79(73-41-19-15-37-69(73)77)62-47-44-53-22-10-11-27-58(53)48-62)52-75(59-28-21-33-65(50-59)81-64-31-8-3-9-32-64)80(74)61-30-20-29-60(49-61)78-70-38-16-12-34-66(70)76(56-25-6-2-7-26-56)67-35-13-17-39-71(67)78/h1-52,66,76H. The fourth-order valence-corrected chi connectivity index (χ4v) is 13.1. The van der Waals surface area contributed by atoms with Crippen molar-refractivity contribution in [1.82, 2.24) is 0 Å². The minimum absolute atomic E-state index is 0.187. The maximum Gasteiger partial charge on any atom is 0.128 e. The molecule has 0 spiro atoms. The summed E-state index contributed by atoms with van der Waals surface area (Å²) in [5.41, 5.74) is 21.8. The fourth-order valence-electron chi connectivity index (χ4n) is 13.1. The number of rotatable bonds is 10. The van der Waals surface area contributed by atoms with Crippen LogP contribution >= 0.6 is 0 Å². The van der Waals surface area contributed by atoms with Crippen molar-refractivity contribution >= 4 is 37.9 Å². The number of fused-ring (bicyclic) bond motifs is 5. The third kappa shape index (κ3) is 8.68. The molecule has 0 amide bonds. The lowest BCUT2D eigenvalue weighted by Crippen LogP contribution is -2.22. The van der Waals surface area contributed by atoms with Crippen LogP contribution in [-0.2, 0) is 0 Å². The Balaban J connectivity index is 0.910. The molecule has 0 heterocycles. The molecule has 1 nitrogen and oxygen atoms in total. The van der Waals surface area contributed by atoms with E-state index in [1.807, 2.05) is 30.3 Å². The van der Waals surface area contributed by atoms with Crippen molar-refractivity contribution in [2.24, 2.45) is 5.92 Å². The van der Waals surface area contributed by atoms with Gasteiger partial charge in [0.1, 0.15) is 11.5 Å². The average molecular weight is 1030 g/mol. The summed E-state index contributed by atoms with van der Waals surface area (Å²) in [6.45, 7) is 0. The van der Waals surface area contributed by atoms with Crippen LogP contribution in [0.3, 0.4) is 0 Å². The summed E-state index contributed by atoms with van der Waals surface area (Å²) in [5, 5.41) is 7.45. The van der Waals surface area contributed by atoms with Gasteiger partial charge in [-0.1, -0.05) is 267 Å². The minimum atomic E-state index is 0.187. The van der Waals surface area contributed by atoms with Crippen LogP contribution in [0, 0.1) is 5.92 Å². The SMILES string of the molecule is C1=CC2=C(c3cccc(-c4c(-c5ccccc5)cc(-c5ccc(-c6c7ccccc7c(-c7ccc8ccccc8c7)c7ccccc67)cc5)cc4-c4cccc(Oc5ccccc5)c4)c3)c3ccccc3C(c3ccccc3)C2C=C1. The first kappa shape index (κ1) is 47.8. The molecule has 2 aliphatic carbocycles. The second-order valence-electron chi connectivity index (χ2n) is 21.4. The van der Waals surface area contributed by atoms with Gasteiger partial charge in [0, 0.05) is 11.8 Å². The van der Waals surface area contributed by atoms with Crippen LogP contribution in [0.5, 0.6) is 11.5 Å². The Hall–Kier alpha value is -10.3. The molecule has 0 N–H and O–H groups in total. The predicted molar refractivity (Wildman–Crippen MR) is 341 cm³/mol. The molecular weight excluding hydrogens is 977 g/mol. The van der Waals surface area contributed by atoms with Crippen molar-refractivity contribution in [2.45, 2.75) is 5.92 Å². The van der Waals surface area contributed by atoms with E-state index in [0.717, 1.165) is 56.0 Å². The number of benzene rings is 13. The molecule has 0 aromatic heterocycles. The summed E-state index contributed by atoms with van der Waals surface area (Å²) in [5.74, 6) is 1.97. The molecule has 2 aliphatic rings. The second kappa shape index (κ2) is 20.5. The van der Waals surface area contributed by atoms with E-state index in [9.17, 15) is 0 Å². The molecule has 2 unspecified atom stereocenters. The normalized spacial score (nSPS) is 14.5. The van der Waals surface area contributed by atoms with E-state index >= 15 is 0 Å². The summed E-state index contributed by atoms with van der Waals surface area (Å²) in [4.78, 5) is 0. The van der Waals surface area contributed by atoms with Crippen molar-refractivity contribution < 1.29 is 4.74 Å². The zero-order chi connectivity index (χ0) is 53.6. The molecule has 0 saturated carbocycles. The largest absolute Gasteiger partial charge is 0.457 e. The zero-order valence-corrected chi connectivity index (χ0v) is 44.6. The summed E-state index contributed by atoms with van der Waals surface area (Å²) in [7, 11) is 0. The summed E-state index contributed by atoms with van der Waals surface area (Å²) >= 11 is 0. The van der Waals surface area contributed by atoms with Gasteiger partial charge in [0.2, 0.25) is 0 Å². The molecule has 81 heavy (non-hydrogen) atoms. The molecule has 380 valence electrons. The van der Waals surface area contributed by atoms with E-state index in [0.29, 0.717) is 0 Å². The Morgan fingerprint density at radius 1 is 0.284 bits per heavy atom. The van der Waals surface area contributed by atoms with Crippen molar-refractivity contribution in [3.63, 3.8) is 0 Å². The van der Waals surface area contributed by atoms with Gasteiger partial charge in [-0.15, -0.1) is 0 Å². The van der Waals surface area contributed by atoms with Gasteiger partial charge in [0.05, 0.1) is 0 Å². The molecule has 0 saturated heterocycles. The molecule has 13 aromatic carbocycles. The van der Waals surface area contributed by atoms with Gasteiger partial charge >= 0.3 is 0 Å². The Kier molecular flexibility index (Phi) is 12.1. The van der Waals surface area contributed by atoms with Crippen molar-refractivity contribution in [3.8, 4) is 78.3 Å². The Bertz CT molecular complexity index is 4580. The molecule has 0 fully saturated rings. The number of allylic oxidation sites excluding steroid dienone is 5. The second-order valence-corrected chi connectivity index (χ2v) is 21.4. The van der Waals surface area contributed by atoms with Crippen LogP contribution in [0.1, 0.15) is 28.2 Å². The minimum Gasteiger partial charge on any atom is -0.457 e. The summed E-state index contributed by atoms with van der Waals surface area (Å²) in [6.07, 6.45) is 9.19. The number of ether oxygens (including phenoxy) is 1. The summed E-state index contributed by atoms with van der Waals surface area (Å²) < 4.78 is 6.59. The molecule has 13 aromatic rings. The van der Waals surface area contributed by atoms with E-state index in [2.05, 4.69) is 285 Å². The van der Waals surface area contributed by atoms with E-state index < -0.39 is 0 Å². The Labute approximate surface area is 473 Å². The smallest absolute Gasteiger partial charge is 0.128 e. The third-order valence-corrected chi connectivity index (χ3v) is 16.7. The van der Waals surface area contributed by atoms with Gasteiger partial charge in [-0.3, -0.25) is 0 Å². The lowest BCUT2D eigenvalue weighted by molar-refractivity contribution is 0.483. The fraction of sp³-hybridized carbons (Fsp3) is 0.0250. The van der Waals surface area contributed by atoms with Gasteiger partial charge in [-0.25, -0.2) is 0 Å². The maximum atomic E-state index is 6.59. The van der Waals surface area contributed by atoms with Crippen molar-refractivity contribution in [3.05, 3.63) is 343 Å². The predicted octanol–water partition coefficient (Wildman–Crippen LogP) is 21.6. The highest BCUT2D eigenvalue weighted by molar-refractivity contribution is 6.22. The third-order valence-electron chi connectivity index (χ3n) is 16.7. The number of hydrogen-bond acceptors (Lipinski definition) is 1. The maximum absolute atomic E-state index is 6.59. The van der Waals surface area contributed by atoms with Crippen LogP contribution in [0.2, 0.25) is 0 Å². The topological polar surface area (TPSA) is 9.23 Å².